The van der Waals surface area contributed by atoms with Gasteiger partial charge in [0.25, 0.3) is 0 Å². The highest BCUT2D eigenvalue weighted by atomic mass is 35.5. The van der Waals surface area contributed by atoms with Crippen LogP contribution in [0.2, 0.25) is 5.02 Å². The van der Waals surface area contributed by atoms with Crippen LogP contribution in [0.15, 0.2) is 53.1 Å². The molecule has 0 atom stereocenters. The molecule has 1 heterocycles. The molecule has 0 radical (unpaired) electrons. The molecule has 0 spiro atoms. The number of likely N-dealkylation sites (N-methyl/N-ethyl adjacent to an activating group) is 1. The molecule has 3 rings (SSSR count). The third kappa shape index (κ3) is 5.96. The number of amides is 1. The molecule has 1 aromatic heterocycles. The zero-order valence-electron chi connectivity index (χ0n) is 16.3. The highest BCUT2D eigenvalue weighted by Gasteiger charge is 2.13. The van der Waals surface area contributed by atoms with Gasteiger partial charge in [-0.15, -0.1) is 0 Å². The first-order valence-corrected chi connectivity index (χ1v) is 9.52. The first kappa shape index (κ1) is 20.7. The van der Waals surface area contributed by atoms with Gasteiger partial charge in [0.2, 0.25) is 17.6 Å². The number of methoxy groups -OCH3 is 1. The highest BCUT2D eigenvalue weighted by molar-refractivity contribution is 6.30. The fraction of sp³-hybridized carbons (Fsp3) is 0.286. The molecule has 0 saturated heterocycles. The van der Waals surface area contributed by atoms with Crippen molar-refractivity contribution in [2.24, 2.45) is 0 Å². The van der Waals surface area contributed by atoms with Gasteiger partial charge in [0, 0.05) is 30.5 Å². The quantitative estimate of drug-likeness (QED) is 0.528. The Hall–Kier alpha value is -3.06. The van der Waals surface area contributed by atoms with Gasteiger partial charge in [-0.3, -0.25) is 4.79 Å². The highest BCUT2D eigenvalue weighted by Crippen LogP contribution is 2.19. The lowest BCUT2D eigenvalue weighted by molar-refractivity contribution is -0.130. The van der Waals surface area contributed by atoms with Gasteiger partial charge in [-0.05, 0) is 48.5 Å². The van der Waals surface area contributed by atoms with E-state index in [1.165, 1.54) is 0 Å². The molecule has 29 heavy (non-hydrogen) atoms. The van der Waals surface area contributed by atoms with Gasteiger partial charge >= 0.3 is 0 Å². The lowest BCUT2D eigenvalue weighted by Crippen LogP contribution is -2.31. The summed E-state index contributed by atoms with van der Waals surface area (Å²) in [5.74, 6) is 2.38. The van der Waals surface area contributed by atoms with E-state index in [0.717, 1.165) is 17.1 Å². The zero-order valence-corrected chi connectivity index (χ0v) is 17.1. The smallest absolute Gasteiger partial charge is 0.227 e. The van der Waals surface area contributed by atoms with Gasteiger partial charge < -0.3 is 18.9 Å². The third-order valence-electron chi connectivity index (χ3n) is 4.30. The molecular weight excluding hydrogens is 394 g/mol. The largest absolute Gasteiger partial charge is 0.497 e. The van der Waals surface area contributed by atoms with Crippen molar-refractivity contribution >= 4 is 17.5 Å². The molecule has 0 aliphatic rings. The zero-order chi connectivity index (χ0) is 20.6. The van der Waals surface area contributed by atoms with Crippen LogP contribution in [0.3, 0.4) is 0 Å². The van der Waals surface area contributed by atoms with E-state index >= 15 is 0 Å². The van der Waals surface area contributed by atoms with E-state index in [0.29, 0.717) is 36.3 Å². The Kier molecular flexibility index (Phi) is 7.08. The molecule has 0 N–H and O–H groups in total. The Bertz CT molecular complexity index is 926. The maximum atomic E-state index is 12.3. The molecule has 152 valence electrons. The standard InChI is InChI=1S/C21H22ClN3O4/c1-25(13-14-28-18-9-7-17(27-2)8-10-18)20(26)12-11-19-23-21(24-29-19)15-3-5-16(22)6-4-15/h3-10H,11-14H2,1-2H3. The van der Waals surface area contributed by atoms with Crippen LogP contribution in [-0.2, 0) is 11.2 Å². The van der Waals surface area contributed by atoms with Crippen molar-refractivity contribution in [3.05, 3.63) is 59.4 Å². The lowest BCUT2D eigenvalue weighted by Gasteiger charge is -2.17. The summed E-state index contributed by atoms with van der Waals surface area (Å²) in [6.45, 7) is 0.876. The topological polar surface area (TPSA) is 77.7 Å². The average molecular weight is 416 g/mol. The molecule has 0 saturated carbocycles. The van der Waals surface area contributed by atoms with Crippen molar-refractivity contribution in [2.45, 2.75) is 12.8 Å². The number of aromatic nitrogens is 2. The molecule has 0 unspecified atom stereocenters. The molecular formula is C21H22ClN3O4. The number of ether oxygens (including phenoxy) is 2. The van der Waals surface area contributed by atoms with E-state index in [1.54, 1.807) is 31.2 Å². The predicted molar refractivity (Wildman–Crippen MR) is 109 cm³/mol. The number of carbonyl (C=O) groups is 1. The van der Waals surface area contributed by atoms with Crippen LogP contribution >= 0.6 is 11.6 Å². The number of hydrogen-bond acceptors (Lipinski definition) is 6. The molecule has 7 nitrogen and oxygen atoms in total. The Morgan fingerprint density at radius 1 is 1.10 bits per heavy atom. The number of halogens is 1. The minimum atomic E-state index is -0.0189. The number of rotatable bonds is 9. The maximum Gasteiger partial charge on any atom is 0.227 e. The summed E-state index contributed by atoms with van der Waals surface area (Å²) in [5.41, 5.74) is 0.809. The number of benzene rings is 2. The van der Waals surface area contributed by atoms with Gasteiger partial charge in [-0.2, -0.15) is 4.98 Å². The summed E-state index contributed by atoms with van der Waals surface area (Å²) in [7, 11) is 3.36. The number of nitrogens with zero attached hydrogens (tertiary/aromatic N) is 3. The minimum absolute atomic E-state index is 0.0189. The van der Waals surface area contributed by atoms with Crippen molar-refractivity contribution < 1.29 is 18.8 Å². The summed E-state index contributed by atoms with van der Waals surface area (Å²) in [6.07, 6.45) is 0.657. The van der Waals surface area contributed by atoms with E-state index in [4.69, 9.17) is 25.6 Å². The lowest BCUT2D eigenvalue weighted by atomic mass is 10.2. The molecule has 2 aromatic carbocycles. The van der Waals surface area contributed by atoms with Crippen LogP contribution in [-0.4, -0.2) is 48.3 Å². The fourth-order valence-corrected chi connectivity index (χ4v) is 2.70. The summed E-state index contributed by atoms with van der Waals surface area (Å²) < 4.78 is 16.0. The Labute approximate surface area is 174 Å². The van der Waals surface area contributed by atoms with Crippen LogP contribution in [0.4, 0.5) is 0 Å². The van der Waals surface area contributed by atoms with Crippen LogP contribution < -0.4 is 9.47 Å². The normalized spacial score (nSPS) is 10.6. The maximum absolute atomic E-state index is 12.3. The van der Waals surface area contributed by atoms with Gasteiger partial charge in [0.05, 0.1) is 13.7 Å². The monoisotopic (exact) mass is 415 g/mol. The first-order valence-electron chi connectivity index (χ1n) is 9.14. The first-order chi connectivity index (χ1) is 14.0. The van der Waals surface area contributed by atoms with E-state index in [2.05, 4.69) is 10.1 Å². The van der Waals surface area contributed by atoms with Gasteiger partial charge in [-0.25, -0.2) is 0 Å². The van der Waals surface area contributed by atoms with Crippen molar-refractivity contribution in [1.82, 2.24) is 15.0 Å². The van der Waals surface area contributed by atoms with Gasteiger partial charge in [0.15, 0.2) is 0 Å². The molecule has 0 bridgehead atoms. The number of aryl methyl sites for hydroxylation is 1. The third-order valence-corrected chi connectivity index (χ3v) is 4.56. The Morgan fingerprint density at radius 2 is 1.79 bits per heavy atom. The molecule has 3 aromatic rings. The molecule has 0 aliphatic carbocycles. The van der Waals surface area contributed by atoms with Crippen molar-refractivity contribution in [3.63, 3.8) is 0 Å². The van der Waals surface area contributed by atoms with Crippen LogP contribution in [0, 0.1) is 0 Å². The van der Waals surface area contributed by atoms with Crippen molar-refractivity contribution in [1.29, 1.82) is 0 Å². The van der Waals surface area contributed by atoms with Crippen LogP contribution in [0.25, 0.3) is 11.4 Å². The average Bonchev–Trinajstić information content (AvgIpc) is 3.22. The van der Waals surface area contributed by atoms with E-state index in [1.807, 2.05) is 36.4 Å². The van der Waals surface area contributed by atoms with Crippen molar-refractivity contribution in [2.75, 3.05) is 27.3 Å². The summed E-state index contributed by atoms with van der Waals surface area (Å²) in [6, 6.07) is 14.5. The van der Waals surface area contributed by atoms with E-state index in [-0.39, 0.29) is 12.3 Å². The molecule has 1 amide bonds. The minimum Gasteiger partial charge on any atom is -0.497 e. The summed E-state index contributed by atoms with van der Waals surface area (Å²) in [5, 5.41) is 4.59. The number of carbonyl (C=O) groups excluding carboxylic acids is 1. The second-order valence-corrected chi connectivity index (χ2v) is 6.79. The van der Waals surface area contributed by atoms with Gasteiger partial charge in [-0.1, -0.05) is 16.8 Å². The Morgan fingerprint density at radius 3 is 2.48 bits per heavy atom. The van der Waals surface area contributed by atoms with E-state index in [9.17, 15) is 4.79 Å². The fourth-order valence-electron chi connectivity index (χ4n) is 2.57. The van der Waals surface area contributed by atoms with Crippen LogP contribution in [0.1, 0.15) is 12.3 Å². The molecule has 0 fully saturated rings. The van der Waals surface area contributed by atoms with Gasteiger partial charge in [0.1, 0.15) is 18.1 Å². The van der Waals surface area contributed by atoms with Crippen LogP contribution in [0.5, 0.6) is 11.5 Å². The summed E-state index contributed by atoms with van der Waals surface area (Å²) >= 11 is 5.88. The predicted octanol–water partition coefficient (Wildman–Crippen LogP) is 3.87. The Balaban J connectivity index is 1.42. The molecule has 0 aliphatic heterocycles. The second kappa shape index (κ2) is 9.93. The molecule has 8 heteroatoms. The summed E-state index contributed by atoms with van der Waals surface area (Å²) in [4.78, 5) is 18.3. The van der Waals surface area contributed by atoms with E-state index < -0.39 is 0 Å². The number of hydrogen-bond donors (Lipinski definition) is 0. The second-order valence-electron chi connectivity index (χ2n) is 6.36. The van der Waals surface area contributed by atoms with Crippen molar-refractivity contribution in [3.8, 4) is 22.9 Å². The SMILES string of the molecule is COc1ccc(OCCN(C)C(=O)CCc2nc(-c3ccc(Cl)cc3)no2)cc1.